The van der Waals surface area contributed by atoms with Crippen LogP contribution in [-0.2, 0) is 14.9 Å². The minimum absolute atomic E-state index is 0.111. The zero-order valence-electron chi connectivity index (χ0n) is 21.8. The van der Waals surface area contributed by atoms with Gasteiger partial charge >= 0.3 is 12.1 Å². The van der Waals surface area contributed by atoms with Gasteiger partial charge in [0.1, 0.15) is 23.3 Å². The summed E-state index contributed by atoms with van der Waals surface area (Å²) in [5.41, 5.74) is 3.06. The van der Waals surface area contributed by atoms with Crippen LogP contribution in [0.1, 0.15) is 38.3 Å². The molecule has 1 heterocycles. The number of hydrogen-bond acceptors (Lipinski definition) is 4. The van der Waals surface area contributed by atoms with Crippen LogP contribution in [0.3, 0.4) is 0 Å². The van der Waals surface area contributed by atoms with Crippen LogP contribution in [0.25, 0.3) is 27.5 Å². The van der Waals surface area contributed by atoms with Gasteiger partial charge in [-0.2, -0.15) is 0 Å². The van der Waals surface area contributed by atoms with E-state index in [1.54, 1.807) is 20.8 Å². The lowest BCUT2D eigenvalue weighted by Crippen LogP contribution is -2.47. The molecule has 1 N–H and O–H groups in total. The van der Waals surface area contributed by atoms with Crippen molar-refractivity contribution in [2.45, 2.75) is 38.2 Å². The van der Waals surface area contributed by atoms with Gasteiger partial charge in [0.15, 0.2) is 0 Å². The first-order valence-electron chi connectivity index (χ1n) is 12.7. The number of allylic oxidation sites excluding steroid dienone is 3. The van der Waals surface area contributed by atoms with E-state index in [1.807, 2.05) is 66.7 Å². The quantitative estimate of drug-likeness (QED) is 0.298. The summed E-state index contributed by atoms with van der Waals surface area (Å²) in [6, 6.07) is 24.0. The summed E-state index contributed by atoms with van der Waals surface area (Å²) in [7, 11) is 0. The summed E-state index contributed by atoms with van der Waals surface area (Å²) in [4.78, 5) is 26.3. The maximum atomic E-state index is 13.2. The van der Waals surface area contributed by atoms with Gasteiger partial charge in [-0.05, 0) is 44.4 Å². The number of carbonyl (C=O) groups is 2. The predicted molar refractivity (Wildman–Crippen MR) is 149 cm³/mol. The Morgan fingerprint density at radius 1 is 0.974 bits per heavy atom. The molecule has 0 saturated carbocycles. The van der Waals surface area contributed by atoms with Crippen LogP contribution >= 0.6 is 0 Å². The third-order valence-electron chi connectivity index (χ3n) is 6.77. The van der Waals surface area contributed by atoms with Crippen molar-refractivity contribution in [1.29, 1.82) is 0 Å². The fraction of sp³-hybridized carbons (Fsp3) is 0.250. The molecule has 0 bridgehead atoms. The first-order chi connectivity index (χ1) is 18.2. The molecule has 194 valence electrons. The largest absolute Gasteiger partial charge is 0.480 e. The summed E-state index contributed by atoms with van der Waals surface area (Å²) >= 11 is 0. The second-order valence-corrected chi connectivity index (χ2v) is 10.7. The van der Waals surface area contributed by atoms with E-state index in [0.29, 0.717) is 6.42 Å². The minimum atomic E-state index is -1.10. The van der Waals surface area contributed by atoms with Crippen LogP contribution < -0.4 is 0 Å². The molecule has 0 radical (unpaired) electrons. The Hall–Kier alpha value is -4.32. The van der Waals surface area contributed by atoms with Gasteiger partial charge in [-0.25, -0.2) is 4.79 Å². The van der Waals surface area contributed by atoms with Crippen molar-refractivity contribution < 1.29 is 23.8 Å². The van der Waals surface area contributed by atoms with E-state index in [-0.39, 0.29) is 6.54 Å². The van der Waals surface area contributed by atoms with E-state index in [4.69, 9.17) is 9.15 Å². The Bertz CT molecular complexity index is 1560. The Kier molecular flexibility index (Phi) is 6.57. The van der Waals surface area contributed by atoms with Crippen molar-refractivity contribution in [3.8, 4) is 0 Å². The number of aliphatic carboxylic acids is 1. The van der Waals surface area contributed by atoms with Gasteiger partial charge in [-0.15, -0.1) is 0 Å². The number of fused-ring (bicyclic) bond motifs is 3. The molecule has 1 amide bonds. The summed E-state index contributed by atoms with van der Waals surface area (Å²) in [5, 5.41) is 11.7. The monoisotopic (exact) mass is 509 g/mol. The lowest BCUT2D eigenvalue weighted by molar-refractivity contribution is -0.138. The second kappa shape index (κ2) is 9.86. The maximum absolute atomic E-state index is 13.2. The lowest BCUT2D eigenvalue weighted by atomic mass is 9.72. The van der Waals surface area contributed by atoms with E-state index in [2.05, 4.69) is 24.3 Å². The molecule has 0 aliphatic heterocycles. The SMILES string of the molecule is CC(C)(C)OC(=O)N(CC(=O)O)CC1(c2cccc3c2oc2ccccc23)C=CC(c2ccccc2)=CC1. The number of rotatable bonds is 6. The number of ether oxygens (including phenoxy) is 1. The molecule has 0 saturated heterocycles. The van der Waals surface area contributed by atoms with E-state index >= 15 is 0 Å². The molecule has 5 rings (SSSR count). The van der Waals surface area contributed by atoms with Gasteiger partial charge in [0.05, 0.1) is 0 Å². The molecule has 6 nitrogen and oxygen atoms in total. The van der Waals surface area contributed by atoms with Crippen molar-refractivity contribution in [1.82, 2.24) is 4.90 Å². The highest BCUT2D eigenvalue weighted by molar-refractivity contribution is 6.06. The lowest BCUT2D eigenvalue weighted by Gasteiger charge is -2.38. The van der Waals surface area contributed by atoms with Crippen LogP contribution in [0.4, 0.5) is 4.79 Å². The van der Waals surface area contributed by atoms with Crippen LogP contribution in [0.15, 0.2) is 95.4 Å². The Morgan fingerprint density at radius 2 is 1.68 bits per heavy atom. The maximum Gasteiger partial charge on any atom is 0.410 e. The van der Waals surface area contributed by atoms with Crippen molar-refractivity contribution >= 4 is 39.6 Å². The van der Waals surface area contributed by atoms with Gasteiger partial charge in [-0.1, -0.05) is 85.0 Å². The Morgan fingerprint density at radius 3 is 2.37 bits per heavy atom. The molecular weight excluding hydrogens is 478 g/mol. The Balaban J connectivity index is 1.63. The van der Waals surface area contributed by atoms with Crippen molar-refractivity contribution in [3.63, 3.8) is 0 Å². The first-order valence-corrected chi connectivity index (χ1v) is 12.7. The minimum Gasteiger partial charge on any atom is -0.480 e. The smallest absolute Gasteiger partial charge is 0.410 e. The number of carboxylic acids is 1. The molecular formula is C32H31NO5. The molecule has 1 aliphatic carbocycles. The molecule has 1 atom stereocenters. The highest BCUT2D eigenvalue weighted by atomic mass is 16.6. The average Bonchev–Trinajstić information content (AvgIpc) is 3.27. The van der Waals surface area contributed by atoms with E-state index < -0.39 is 29.6 Å². The van der Waals surface area contributed by atoms with Gasteiger partial charge < -0.3 is 14.3 Å². The molecule has 4 aromatic rings. The number of carbonyl (C=O) groups excluding carboxylic acids is 1. The van der Waals surface area contributed by atoms with Crippen LogP contribution in [0, 0.1) is 0 Å². The average molecular weight is 510 g/mol. The van der Waals surface area contributed by atoms with Gasteiger partial charge in [0, 0.05) is 28.3 Å². The van der Waals surface area contributed by atoms with Crippen molar-refractivity contribution in [3.05, 3.63) is 102 Å². The normalized spacial score (nSPS) is 17.4. The molecule has 38 heavy (non-hydrogen) atoms. The molecule has 1 aromatic heterocycles. The second-order valence-electron chi connectivity index (χ2n) is 10.7. The fourth-order valence-electron chi connectivity index (χ4n) is 5.08. The number of para-hydroxylation sites is 2. The van der Waals surface area contributed by atoms with Crippen LogP contribution in [0.5, 0.6) is 0 Å². The standard InChI is InChI=1S/C32H31NO5/c1-31(2,3)38-30(36)33(20-28(34)35)21-32(18-16-23(17-19-32)22-10-5-4-6-11-22)26-14-9-13-25-24-12-7-8-15-27(24)37-29(25)26/h4-18H,19-21H2,1-3H3,(H,34,35). The number of carboxylic acid groups (broad SMARTS) is 1. The third kappa shape index (κ3) is 5.07. The fourth-order valence-corrected chi connectivity index (χ4v) is 5.08. The first kappa shape index (κ1) is 25.3. The van der Waals surface area contributed by atoms with Crippen molar-refractivity contribution in [2.75, 3.05) is 13.1 Å². The summed E-state index contributed by atoms with van der Waals surface area (Å²) in [6.07, 6.45) is 6.15. The third-order valence-corrected chi connectivity index (χ3v) is 6.77. The molecule has 1 unspecified atom stereocenters. The Labute approximate surface area is 221 Å². The van der Waals surface area contributed by atoms with Crippen LogP contribution in [-0.4, -0.2) is 40.8 Å². The van der Waals surface area contributed by atoms with E-state index in [9.17, 15) is 14.7 Å². The molecule has 0 spiro atoms. The van der Waals surface area contributed by atoms with E-state index in [0.717, 1.165) is 38.6 Å². The zero-order valence-corrected chi connectivity index (χ0v) is 21.8. The number of hydrogen-bond donors (Lipinski definition) is 1. The molecule has 3 aromatic carbocycles. The summed E-state index contributed by atoms with van der Waals surface area (Å²) in [6.45, 7) is 4.94. The number of furan rings is 1. The zero-order chi connectivity index (χ0) is 26.9. The number of amides is 1. The topological polar surface area (TPSA) is 80.0 Å². The number of benzene rings is 3. The highest BCUT2D eigenvalue weighted by Crippen LogP contribution is 2.43. The summed E-state index contributed by atoms with van der Waals surface area (Å²) < 4.78 is 12.0. The van der Waals surface area contributed by atoms with E-state index in [1.165, 1.54) is 4.90 Å². The van der Waals surface area contributed by atoms with Gasteiger partial charge in [-0.3, -0.25) is 9.69 Å². The molecule has 0 fully saturated rings. The predicted octanol–water partition coefficient (Wildman–Crippen LogP) is 7.19. The van der Waals surface area contributed by atoms with Gasteiger partial charge in [0.2, 0.25) is 0 Å². The molecule has 1 aliphatic rings. The van der Waals surface area contributed by atoms with Crippen LogP contribution in [0.2, 0.25) is 0 Å². The summed E-state index contributed by atoms with van der Waals surface area (Å²) in [5.74, 6) is -1.10. The number of nitrogens with zero attached hydrogens (tertiary/aromatic N) is 1. The van der Waals surface area contributed by atoms with Gasteiger partial charge in [0.25, 0.3) is 0 Å². The molecule has 6 heteroatoms. The highest BCUT2D eigenvalue weighted by Gasteiger charge is 2.38. The van der Waals surface area contributed by atoms with Crippen molar-refractivity contribution in [2.24, 2.45) is 0 Å².